The zero-order chi connectivity index (χ0) is 17.0. The number of fused-ring (bicyclic) bond motifs is 2. The largest absolute Gasteiger partial charge is 0.317 e. The Morgan fingerprint density at radius 1 is 1.08 bits per heavy atom. The van der Waals surface area contributed by atoms with Crippen LogP contribution in [-0.2, 0) is 0 Å². The normalized spacial score (nSPS) is 16.2. The van der Waals surface area contributed by atoms with Crippen molar-refractivity contribution in [2.75, 3.05) is 13.1 Å². The average molecular weight is 369 g/mol. The summed E-state index contributed by atoms with van der Waals surface area (Å²) in [6.07, 6.45) is 6.73. The number of imidazole rings is 1. The van der Waals surface area contributed by atoms with Crippen LogP contribution >= 0.6 is 22.7 Å². The highest BCUT2D eigenvalue weighted by Crippen LogP contribution is 2.40. The third-order valence-corrected chi connectivity index (χ3v) is 7.36. The van der Waals surface area contributed by atoms with Crippen molar-refractivity contribution in [2.24, 2.45) is 0 Å². The van der Waals surface area contributed by atoms with Crippen LogP contribution in [0.15, 0.2) is 24.5 Å². The molecule has 0 unspecified atom stereocenters. The van der Waals surface area contributed by atoms with E-state index in [1.54, 1.807) is 0 Å². The van der Waals surface area contributed by atoms with E-state index in [0.29, 0.717) is 5.92 Å². The fraction of sp³-hybridized carbons (Fsp3) is 0.368. The highest BCUT2D eigenvalue weighted by Gasteiger charge is 2.20. The summed E-state index contributed by atoms with van der Waals surface area (Å²) < 4.78 is 3.43. The summed E-state index contributed by atoms with van der Waals surface area (Å²) in [5.74, 6) is 0.711. The zero-order valence-electron chi connectivity index (χ0n) is 14.4. The van der Waals surface area contributed by atoms with Gasteiger partial charge in [-0.05, 0) is 63.4 Å². The minimum Gasteiger partial charge on any atom is -0.317 e. The number of hydrogen-bond acceptors (Lipinski definition) is 5. The van der Waals surface area contributed by atoms with Crippen molar-refractivity contribution < 1.29 is 0 Å². The van der Waals surface area contributed by atoms with Gasteiger partial charge >= 0.3 is 0 Å². The van der Waals surface area contributed by atoms with Gasteiger partial charge < -0.3 is 9.72 Å². The minimum absolute atomic E-state index is 0.711. The summed E-state index contributed by atoms with van der Waals surface area (Å²) in [5.41, 5.74) is 4.49. The number of hydrogen-bond donors (Lipinski definition) is 1. The van der Waals surface area contributed by atoms with Crippen molar-refractivity contribution in [1.29, 1.82) is 0 Å². The molecule has 0 amide bonds. The Morgan fingerprint density at radius 3 is 2.72 bits per heavy atom. The van der Waals surface area contributed by atoms with Crippen LogP contribution in [0.25, 0.3) is 25.7 Å². The molecule has 0 aromatic carbocycles. The molecule has 4 aromatic rings. The number of nitrogens with one attached hydrogen (secondary N) is 1. The highest BCUT2D eigenvalue weighted by atomic mass is 32.1. The first-order chi connectivity index (χ1) is 12.2. The standard InChI is InChI=1S/C19H20N4S2/c1-11-7-17-21-12(2)9-23(17)10-14(11)18-22-19-16(25-18)8-15(24-19)13-3-5-20-6-4-13/h7-10,13,20H,3-6H2,1-2H3. The van der Waals surface area contributed by atoms with Crippen molar-refractivity contribution in [3.63, 3.8) is 0 Å². The first-order valence-electron chi connectivity index (χ1n) is 8.75. The van der Waals surface area contributed by atoms with E-state index >= 15 is 0 Å². The number of thiophene rings is 1. The predicted molar refractivity (Wildman–Crippen MR) is 106 cm³/mol. The van der Waals surface area contributed by atoms with E-state index in [1.165, 1.54) is 38.4 Å². The molecule has 5 rings (SSSR count). The Hall–Kier alpha value is -1.76. The van der Waals surface area contributed by atoms with Crippen molar-refractivity contribution in [2.45, 2.75) is 32.6 Å². The van der Waals surface area contributed by atoms with Crippen LogP contribution in [0, 0.1) is 13.8 Å². The van der Waals surface area contributed by atoms with Gasteiger partial charge in [0.05, 0.1) is 10.4 Å². The molecule has 0 spiro atoms. The first kappa shape index (κ1) is 15.5. The number of piperidine rings is 1. The van der Waals surface area contributed by atoms with Gasteiger partial charge in [-0.25, -0.2) is 9.97 Å². The van der Waals surface area contributed by atoms with Gasteiger partial charge in [0.15, 0.2) is 0 Å². The SMILES string of the molecule is Cc1cn2cc(-c3nc4sc(C5CCNCC5)cc4s3)c(C)cc2n1. The lowest BCUT2D eigenvalue weighted by Gasteiger charge is -2.21. The maximum Gasteiger partial charge on any atom is 0.137 e. The van der Waals surface area contributed by atoms with Gasteiger partial charge in [-0.2, -0.15) is 0 Å². The van der Waals surface area contributed by atoms with E-state index in [-0.39, 0.29) is 0 Å². The van der Waals surface area contributed by atoms with Gasteiger partial charge in [0.2, 0.25) is 0 Å². The maximum atomic E-state index is 4.96. The maximum absolute atomic E-state index is 4.96. The molecular weight excluding hydrogens is 348 g/mol. The molecule has 1 N–H and O–H groups in total. The Kier molecular flexibility index (Phi) is 3.66. The highest BCUT2D eigenvalue weighted by molar-refractivity contribution is 7.28. The lowest BCUT2D eigenvalue weighted by atomic mass is 9.97. The van der Waals surface area contributed by atoms with E-state index in [0.717, 1.165) is 29.4 Å². The second kappa shape index (κ2) is 5.90. The van der Waals surface area contributed by atoms with Gasteiger partial charge in [0.25, 0.3) is 0 Å². The summed E-state index contributed by atoms with van der Waals surface area (Å²) in [4.78, 5) is 12.2. The number of nitrogens with zero attached hydrogens (tertiary/aromatic N) is 3. The topological polar surface area (TPSA) is 42.2 Å². The molecule has 0 saturated carbocycles. The van der Waals surface area contributed by atoms with Crippen LogP contribution in [-0.4, -0.2) is 27.5 Å². The lowest BCUT2D eigenvalue weighted by molar-refractivity contribution is 0.465. The summed E-state index contributed by atoms with van der Waals surface area (Å²) in [7, 11) is 0. The molecule has 0 aliphatic carbocycles. The number of pyridine rings is 1. The molecule has 4 nitrogen and oxygen atoms in total. The lowest BCUT2D eigenvalue weighted by Crippen LogP contribution is -2.26. The summed E-state index contributed by atoms with van der Waals surface area (Å²) in [6, 6.07) is 4.53. The van der Waals surface area contributed by atoms with Crippen molar-refractivity contribution in [3.05, 3.63) is 40.7 Å². The number of rotatable bonds is 2. The molecule has 1 fully saturated rings. The van der Waals surface area contributed by atoms with Gasteiger partial charge in [0.1, 0.15) is 15.5 Å². The molecule has 1 saturated heterocycles. The van der Waals surface area contributed by atoms with E-state index in [2.05, 4.69) is 46.2 Å². The van der Waals surface area contributed by atoms with E-state index in [4.69, 9.17) is 4.98 Å². The van der Waals surface area contributed by atoms with Gasteiger partial charge in [-0.3, -0.25) is 0 Å². The van der Waals surface area contributed by atoms with E-state index in [1.807, 2.05) is 29.6 Å². The molecule has 0 bridgehead atoms. The molecule has 1 aliphatic rings. The Labute approximate surface area is 154 Å². The third kappa shape index (κ3) is 2.69. The predicted octanol–water partition coefficient (Wildman–Crippen LogP) is 4.76. The van der Waals surface area contributed by atoms with E-state index in [9.17, 15) is 0 Å². The van der Waals surface area contributed by atoms with Gasteiger partial charge in [0, 0.05) is 22.8 Å². The zero-order valence-corrected chi connectivity index (χ0v) is 16.0. The molecule has 5 heterocycles. The minimum atomic E-state index is 0.711. The first-order valence-corrected chi connectivity index (χ1v) is 10.4. The average Bonchev–Trinajstić information content (AvgIpc) is 3.26. The number of aryl methyl sites for hydroxylation is 2. The third-order valence-electron chi connectivity index (χ3n) is 5.00. The van der Waals surface area contributed by atoms with Crippen LogP contribution in [0.2, 0.25) is 0 Å². The van der Waals surface area contributed by atoms with Crippen molar-refractivity contribution in [1.82, 2.24) is 19.7 Å². The quantitative estimate of drug-likeness (QED) is 0.555. The number of thiazole rings is 1. The molecule has 0 atom stereocenters. The Morgan fingerprint density at radius 2 is 1.92 bits per heavy atom. The number of aromatic nitrogens is 3. The fourth-order valence-electron chi connectivity index (χ4n) is 3.66. The van der Waals surface area contributed by atoms with Crippen LogP contribution in [0.3, 0.4) is 0 Å². The Bertz CT molecular complexity index is 1030. The van der Waals surface area contributed by atoms with Gasteiger partial charge in [-0.1, -0.05) is 0 Å². The summed E-state index contributed by atoms with van der Waals surface area (Å²) in [6.45, 7) is 6.45. The van der Waals surface area contributed by atoms with Crippen molar-refractivity contribution >= 4 is 37.9 Å². The van der Waals surface area contributed by atoms with Crippen molar-refractivity contribution in [3.8, 4) is 10.6 Å². The summed E-state index contributed by atoms with van der Waals surface area (Å²) >= 11 is 3.70. The second-order valence-corrected chi connectivity index (χ2v) is 8.97. The monoisotopic (exact) mass is 368 g/mol. The molecule has 0 radical (unpaired) electrons. The molecule has 1 aliphatic heterocycles. The molecule has 25 heavy (non-hydrogen) atoms. The van der Waals surface area contributed by atoms with Crippen LogP contribution < -0.4 is 5.32 Å². The summed E-state index contributed by atoms with van der Waals surface area (Å²) in [5, 5.41) is 4.56. The molecule has 4 aromatic heterocycles. The molecule has 128 valence electrons. The van der Waals surface area contributed by atoms with Crippen LogP contribution in [0.1, 0.15) is 34.9 Å². The molecule has 6 heteroatoms. The molecular formula is C19H20N4S2. The van der Waals surface area contributed by atoms with Crippen LogP contribution in [0.5, 0.6) is 0 Å². The Balaban J connectivity index is 1.54. The van der Waals surface area contributed by atoms with Gasteiger partial charge in [-0.15, -0.1) is 22.7 Å². The second-order valence-electron chi connectivity index (χ2n) is 6.88. The fourth-order valence-corrected chi connectivity index (χ4v) is 6.13. The van der Waals surface area contributed by atoms with Crippen LogP contribution in [0.4, 0.5) is 0 Å². The van der Waals surface area contributed by atoms with E-state index < -0.39 is 0 Å². The smallest absolute Gasteiger partial charge is 0.137 e.